The van der Waals surface area contributed by atoms with Crippen LogP contribution in [-0.4, -0.2) is 48.6 Å². The second-order valence-corrected chi connectivity index (χ2v) is 5.94. The van der Waals surface area contributed by atoms with Crippen molar-refractivity contribution in [2.75, 3.05) is 37.7 Å². The molecule has 3 heteroatoms. The summed E-state index contributed by atoms with van der Waals surface area (Å²) in [5.41, 5.74) is 0. The fraction of sp³-hybridized carbons (Fsp3) is 0.857. The summed E-state index contributed by atoms with van der Waals surface area (Å²) in [6, 6.07) is 0.751. The largest absolute Gasteiger partial charge is 0.313 e. The third-order valence-corrected chi connectivity index (χ3v) is 4.24. The van der Waals surface area contributed by atoms with Crippen LogP contribution in [0.5, 0.6) is 0 Å². The van der Waals surface area contributed by atoms with Gasteiger partial charge in [-0.15, -0.1) is 6.58 Å². The summed E-state index contributed by atoms with van der Waals surface area (Å²) in [5.74, 6) is 2.29. The van der Waals surface area contributed by atoms with Crippen LogP contribution < -0.4 is 5.32 Å². The van der Waals surface area contributed by atoms with Crippen LogP contribution in [0.3, 0.4) is 0 Å². The third kappa shape index (κ3) is 7.12. The lowest BCUT2D eigenvalue weighted by Crippen LogP contribution is -2.32. The number of likely N-dealkylation sites (tertiary alicyclic amines) is 1. The molecule has 0 radical (unpaired) electrons. The number of nitrogens with one attached hydrogen (secondary N) is 1. The number of thioether (sulfide) groups is 1. The lowest BCUT2D eigenvalue weighted by Gasteiger charge is -2.19. The highest BCUT2D eigenvalue weighted by atomic mass is 32.2. The molecule has 1 atom stereocenters. The van der Waals surface area contributed by atoms with E-state index in [1.54, 1.807) is 0 Å². The molecule has 1 aliphatic rings. The maximum Gasteiger partial charge on any atom is 0.0111 e. The zero-order valence-electron chi connectivity index (χ0n) is 11.3. The van der Waals surface area contributed by atoms with Crippen molar-refractivity contribution in [3.63, 3.8) is 0 Å². The van der Waals surface area contributed by atoms with Crippen LogP contribution in [0.2, 0.25) is 0 Å². The van der Waals surface area contributed by atoms with Crippen molar-refractivity contribution in [3.8, 4) is 0 Å². The Morgan fingerprint density at radius 2 is 2.29 bits per heavy atom. The van der Waals surface area contributed by atoms with Gasteiger partial charge in [0.05, 0.1) is 0 Å². The molecule has 1 N–H and O–H groups in total. The van der Waals surface area contributed by atoms with Crippen LogP contribution >= 0.6 is 11.8 Å². The number of rotatable bonds is 8. The molecule has 1 unspecified atom stereocenters. The van der Waals surface area contributed by atoms with E-state index in [0.717, 1.165) is 18.3 Å². The predicted molar refractivity (Wildman–Crippen MR) is 79.9 cm³/mol. The molecule has 100 valence electrons. The minimum absolute atomic E-state index is 0.751. The molecule has 1 aliphatic heterocycles. The highest BCUT2D eigenvalue weighted by Gasteiger charge is 2.15. The van der Waals surface area contributed by atoms with E-state index in [-0.39, 0.29) is 0 Å². The van der Waals surface area contributed by atoms with Gasteiger partial charge in [0.25, 0.3) is 0 Å². The molecular formula is C14H28N2S. The molecular weight excluding hydrogens is 228 g/mol. The predicted octanol–water partition coefficient (Wildman–Crippen LogP) is 2.76. The van der Waals surface area contributed by atoms with E-state index in [4.69, 9.17) is 0 Å². The average Bonchev–Trinajstić information content (AvgIpc) is 2.55. The van der Waals surface area contributed by atoms with Gasteiger partial charge in [0.15, 0.2) is 0 Å². The molecule has 17 heavy (non-hydrogen) atoms. The Morgan fingerprint density at radius 1 is 1.41 bits per heavy atom. The van der Waals surface area contributed by atoms with E-state index < -0.39 is 0 Å². The van der Waals surface area contributed by atoms with Gasteiger partial charge < -0.3 is 10.2 Å². The molecule has 0 aromatic rings. The van der Waals surface area contributed by atoms with Gasteiger partial charge in [-0.1, -0.05) is 13.0 Å². The second-order valence-electron chi connectivity index (χ2n) is 4.79. The normalized spacial score (nSPS) is 22.3. The first-order valence-electron chi connectivity index (χ1n) is 7.01. The fourth-order valence-electron chi connectivity index (χ4n) is 2.40. The van der Waals surface area contributed by atoms with Crippen molar-refractivity contribution in [2.24, 2.45) is 0 Å². The molecule has 1 saturated heterocycles. The standard InChI is InChI=1S/C14H28N2S/c1-3-9-16-10-5-6-14(7-11-16)15-8-13-17-12-4-2/h4,14-15H,2-3,5-13H2,1H3. The lowest BCUT2D eigenvalue weighted by molar-refractivity contribution is 0.283. The molecule has 1 rings (SSSR count). The topological polar surface area (TPSA) is 15.3 Å². The van der Waals surface area contributed by atoms with E-state index in [2.05, 4.69) is 23.7 Å². The van der Waals surface area contributed by atoms with Crippen LogP contribution in [0.25, 0.3) is 0 Å². The summed E-state index contributed by atoms with van der Waals surface area (Å²) in [4.78, 5) is 2.62. The molecule has 0 aromatic carbocycles. The van der Waals surface area contributed by atoms with Gasteiger partial charge in [-0.25, -0.2) is 0 Å². The van der Waals surface area contributed by atoms with Crippen LogP contribution in [0.4, 0.5) is 0 Å². The first kappa shape index (κ1) is 15.1. The van der Waals surface area contributed by atoms with Crippen LogP contribution in [0.1, 0.15) is 32.6 Å². The van der Waals surface area contributed by atoms with E-state index in [1.807, 2.05) is 17.8 Å². The molecule has 2 nitrogen and oxygen atoms in total. The van der Waals surface area contributed by atoms with Crippen molar-refractivity contribution in [1.29, 1.82) is 0 Å². The summed E-state index contributed by atoms with van der Waals surface area (Å²) in [6.45, 7) is 11.0. The summed E-state index contributed by atoms with van der Waals surface area (Å²) < 4.78 is 0. The average molecular weight is 256 g/mol. The Morgan fingerprint density at radius 3 is 3.06 bits per heavy atom. The highest BCUT2D eigenvalue weighted by Crippen LogP contribution is 2.11. The quantitative estimate of drug-likeness (QED) is 0.531. The van der Waals surface area contributed by atoms with Crippen molar-refractivity contribution in [3.05, 3.63) is 12.7 Å². The van der Waals surface area contributed by atoms with Gasteiger partial charge >= 0.3 is 0 Å². The van der Waals surface area contributed by atoms with E-state index in [1.165, 1.54) is 51.1 Å². The minimum Gasteiger partial charge on any atom is -0.313 e. The van der Waals surface area contributed by atoms with E-state index in [9.17, 15) is 0 Å². The smallest absolute Gasteiger partial charge is 0.0111 e. The number of nitrogens with zero attached hydrogens (tertiary/aromatic N) is 1. The molecule has 0 saturated carbocycles. The van der Waals surface area contributed by atoms with Crippen molar-refractivity contribution in [1.82, 2.24) is 10.2 Å². The summed E-state index contributed by atoms with van der Waals surface area (Å²) >= 11 is 1.96. The van der Waals surface area contributed by atoms with E-state index >= 15 is 0 Å². The Bertz CT molecular complexity index is 197. The molecule has 1 heterocycles. The summed E-state index contributed by atoms with van der Waals surface area (Å²) in [7, 11) is 0. The Balaban J connectivity index is 2.07. The molecule has 0 amide bonds. The number of hydrogen-bond acceptors (Lipinski definition) is 3. The molecule has 1 fully saturated rings. The minimum atomic E-state index is 0.751. The third-order valence-electron chi connectivity index (χ3n) is 3.28. The Hall–Kier alpha value is 0.01000. The van der Waals surface area contributed by atoms with Crippen molar-refractivity contribution >= 4 is 11.8 Å². The Kier molecular flexibility index (Phi) is 8.85. The fourth-order valence-corrected chi connectivity index (χ4v) is 3.00. The van der Waals surface area contributed by atoms with Gasteiger partial charge in [0.1, 0.15) is 0 Å². The zero-order valence-corrected chi connectivity index (χ0v) is 12.1. The first-order valence-corrected chi connectivity index (χ1v) is 8.16. The van der Waals surface area contributed by atoms with Gasteiger partial charge in [0, 0.05) is 24.1 Å². The highest BCUT2D eigenvalue weighted by molar-refractivity contribution is 7.99. The van der Waals surface area contributed by atoms with Crippen LogP contribution in [0.15, 0.2) is 12.7 Å². The van der Waals surface area contributed by atoms with Gasteiger partial charge in [0.2, 0.25) is 0 Å². The summed E-state index contributed by atoms with van der Waals surface area (Å²) in [6.07, 6.45) is 7.31. The maximum absolute atomic E-state index is 3.74. The molecule has 0 aromatic heterocycles. The zero-order chi connectivity index (χ0) is 12.3. The van der Waals surface area contributed by atoms with Crippen LogP contribution in [-0.2, 0) is 0 Å². The molecule has 0 bridgehead atoms. The van der Waals surface area contributed by atoms with Gasteiger partial charge in [-0.05, 0) is 45.3 Å². The van der Waals surface area contributed by atoms with Gasteiger partial charge in [-0.3, -0.25) is 0 Å². The second kappa shape index (κ2) is 9.98. The number of hydrogen-bond donors (Lipinski definition) is 1. The molecule has 0 aliphatic carbocycles. The van der Waals surface area contributed by atoms with Crippen molar-refractivity contribution < 1.29 is 0 Å². The Labute approximate surface area is 111 Å². The monoisotopic (exact) mass is 256 g/mol. The maximum atomic E-state index is 3.74. The van der Waals surface area contributed by atoms with E-state index in [0.29, 0.717) is 0 Å². The van der Waals surface area contributed by atoms with Crippen LogP contribution in [0, 0.1) is 0 Å². The van der Waals surface area contributed by atoms with Gasteiger partial charge in [-0.2, -0.15) is 11.8 Å². The summed E-state index contributed by atoms with van der Waals surface area (Å²) in [5, 5.41) is 3.70. The van der Waals surface area contributed by atoms with Crippen molar-refractivity contribution in [2.45, 2.75) is 38.6 Å². The SMILES string of the molecule is C=CCSCCNC1CCCN(CCC)CC1. The lowest BCUT2D eigenvalue weighted by atomic mass is 10.1. The molecule has 0 spiro atoms. The first-order chi connectivity index (χ1) is 8.36.